The molecule has 2 rings (SSSR count). The molecular formula is C11H20ClNO. The van der Waals surface area contributed by atoms with Crippen molar-refractivity contribution < 1.29 is 4.74 Å². The molecule has 0 bridgehead atoms. The Morgan fingerprint density at radius 2 is 2.07 bits per heavy atom. The lowest BCUT2D eigenvalue weighted by Gasteiger charge is -2.32. The van der Waals surface area contributed by atoms with Crippen molar-refractivity contribution in [3.8, 4) is 0 Å². The largest absolute Gasteiger partial charge is 0.380 e. The predicted molar refractivity (Wildman–Crippen MR) is 58.8 cm³/mol. The molecule has 14 heavy (non-hydrogen) atoms. The summed E-state index contributed by atoms with van der Waals surface area (Å²) in [4.78, 5) is 0. The second kappa shape index (κ2) is 5.34. The molecule has 0 spiro atoms. The molecule has 3 unspecified atom stereocenters. The third kappa shape index (κ3) is 2.62. The zero-order chi connectivity index (χ0) is 9.80. The first-order chi connectivity index (χ1) is 6.90. The Morgan fingerprint density at radius 3 is 2.79 bits per heavy atom. The SMILES string of the molecule is ClCC1CCCCC1NC1CCOC1. The maximum absolute atomic E-state index is 5.99. The van der Waals surface area contributed by atoms with Gasteiger partial charge >= 0.3 is 0 Å². The number of rotatable bonds is 3. The topological polar surface area (TPSA) is 21.3 Å². The maximum Gasteiger partial charge on any atom is 0.0620 e. The van der Waals surface area contributed by atoms with Crippen molar-refractivity contribution in [3.63, 3.8) is 0 Å². The van der Waals surface area contributed by atoms with Crippen LogP contribution in [0.3, 0.4) is 0 Å². The lowest BCUT2D eigenvalue weighted by molar-refractivity contribution is 0.180. The lowest BCUT2D eigenvalue weighted by atomic mass is 9.85. The normalized spacial score (nSPS) is 38.8. The van der Waals surface area contributed by atoms with E-state index >= 15 is 0 Å². The van der Waals surface area contributed by atoms with E-state index in [4.69, 9.17) is 16.3 Å². The number of ether oxygens (including phenoxy) is 1. The Labute approximate surface area is 91.3 Å². The van der Waals surface area contributed by atoms with Gasteiger partial charge in [0.25, 0.3) is 0 Å². The molecule has 82 valence electrons. The molecule has 1 saturated carbocycles. The molecule has 1 heterocycles. The van der Waals surface area contributed by atoms with E-state index in [1.54, 1.807) is 0 Å². The highest BCUT2D eigenvalue weighted by molar-refractivity contribution is 6.18. The number of nitrogens with one attached hydrogen (secondary N) is 1. The third-order valence-electron chi connectivity index (χ3n) is 3.49. The Hall–Kier alpha value is 0.210. The molecule has 2 aliphatic rings. The second-order valence-electron chi connectivity index (χ2n) is 4.53. The van der Waals surface area contributed by atoms with Crippen LogP contribution in [0.25, 0.3) is 0 Å². The van der Waals surface area contributed by atoms with Gasteiger partial charge in [0.05, 0.1) is 6.61 Å². The number of halogens is 1. The van der Waals surface area contributed by atoms with Gasteiger partial charge in [-0.25, -0.2) is 0 Å². The van der Waals surface area contributed by atoms with Gasteiger partial charge in [0.15, 0.2) is 0 Å². The van der Waals surface area contributed by atoms with Crippen LogP contribution in [-0.4, -0.2) is 31.2 Å². The van der Waals surface area contributed by atoms with Crippen LogP contribution in [0.15, 0.2) is 0 Å². The summed E-state index contributed by atoms with van der Waals surface area (Å²) in [6.45, 7) is 1.82. The zero-order valence-corrected chi connectivity index (χ0v) is 9.43. The van der Waals surface area contributed by atoms with Crippen molar-refractivity contribution in [1.82, 2.24) is 5.32 Å². The zero-order valence-electron chi connectivity index (χ0n) is 8.68. The van der Waals surface area contributed by atoms with Crippen molar-refractivity contribution >= 4 is 11.6 Å². The van der Waals surface area contributed by atoms with Gasteiger partial charge < -0.3 is 10.1 Å². The van der Waals surface area contributed by atoms with Crippen molar-refractivity contribution in [1.29, 1.82) is 0 Å². The number of hydrogen-bond donors (Lipinski definition) is 1. The van der Waals surface area contributed by atoms with E-state index in [0.29, 0.717) is 18.0 Å². The fourth-order valence-electron chi connectivity index (χ4n) is 2.58. The first-order valence-electron chi connectivity index (χ1n) is 5.80. The highest BCUT2D eigenvalue weighted by Crippen LogP contribution is 2.26. The Morgan fingerprint density at radius 1 is 1.21 bits per heavy atom. The monoisotopic (exact) mass is 217 g/mol. The average Bonchev–Trinajstić information content (AvgIpc) is 2.71. The van der Waals surface area contributed by atoms with Gasteiger partial charge in [-0.05, 0) is 25.2 Å². The van der Waals surface area contributed by atoms with Crippen LogP contribution in [0, 0.1) is 5.92 Å². The number of alkyl halides is 1. The Balaban J connectivity index is 1.81. The van der Waals surface area contributed by atoms with Gasteiger partial charge in [-0.15, -0.1) is 11.6 Å². The van der Waals surface area contributed by atoms with Crippen LogP contribution in [0.2, 0.25) is 0 Å². The minimum absolute atomic E-state index is 0.587. The standard InChI is InChI=1S/C11H20ClNO/c12-7-9-3-1-2-4-11(9)13-10-5-6-14-8-10/h9-11,13H,1-8H2. The Bertz CT molecular complexity index is 171. The summed E-state index contributed by atoms with van der Waals surface area (Å²) in [5.41, 5.74) is 0. The van der Waals surface area contributed by atoms with E-state index in [-0.39, 0.29) is 0 Å². The first-order valence-corrected chi connectivity index (χ1v) is 6.33. The second-order valence-corrected chi connectivity index (χ2v) is 4.84. The summed E-state index contributed by atoms with van der Waals surface area (Å²) >= 11 is 5.99. The summed E-state index contributed by atoms with van der Waals surface area (Å²) < 4.78 is 5.37. The molecule has 1 aliphatic heterocycles. The van der Waals surface area contributed by atoms with Crippen molar-refractivity contribution in [2.45, 2.75) is 44.2 Å². The smallest absolute Gasteiger partial charge is 0.0620 e. The molecule has 1 N–H and O–H groups in total. The minimum atomic E-state index is 0.587. The minimum Gasteiger partial charge on any atom is -0.380 e. The summed E-state index contributed by atoms with van der Waals surface area (Å²) in [5.74, 6) is 1.50. The summed E-state index contributed by atoms with van der Waals surface area (Å²) in [7, 11) is 0. The fraction of sp³-hybridized carbons (Fsp3) is 1.00. The Kier molecular flexibility index (Phi) is 4.09. The van der Waals surface area contributed by atoms with Gasteiger partial charge in [0, 0.05) is 24.6 Å². The van der Waals surface area contributed by atoms with E-state index in [1.807, 2.05) is 0 Å². The van der Waals surface area contributed by atoms with Gasteiger partial charge in [-0.1, -0.05) is 12.8 Å². The molecule has 0 aromatic heterocycles. The van der Waals surface area contributed by atoms with Crippen LogP contribution < -0.4 is 5.32 Å². The summed E-state index contributed by atoms with van der Waals surface area (Å²) in [6, 6.07) is 1.23. The molecule has 1 saturated heterocycles. The molecule has 0 aromatic carbocycles. The van der Waals surface area contributed by atoms with E-state index in [9.17, 15) is 0 Å². The molecule has 3 heteroatoms. The molecule has 2 fully saturated rings. The van der Waals surface area contributed by atoms with Crippen molar-refractivity contribution in [3.05, 3.63) is 0 Å². The van der Waals surface area contributed by atoms with Crippen LogP contribution in [0.1, 0.15) is 32.1 Å². The third-order valence-corrected chi connectivity index (χ3v) is 3.88. The maximum atomic E-state index is 5.99. The van der Waals surface area contributed by atoms with Crippen molar-refractivity contribution in [2.24, 2.45) is 5.92 Å². The van der Waals surface area contributed by atoms with Gasteiger partial charge in [-0.2, -0.15) is 0 Å². The highest BCUT2D eigenvalue weighted by atomic mass is 35.5. The van der Waals surface area contributed by atoms with Crippen LogP contribution >= 0.6 is 11.6 Å². The molecule has 0 radical (unpaired) electrons. The average molecular weight is 218 g/mol. The summed E-state index contributed by atoms with van der Waals surface area (Å²) in [5, 5.41) is 3.71. The lowest BCUT2D eigenvalue weighted by Crippen LogP contribution is -2.45. The van der Waals surface area contributed by atoms with E-state index in [2.05, 4.69) is 5.32 Å². The van der Waals surface area contributed by atoms with Gasteiger partial charge in [0.1, 0.15) is 0 Å². The molecule has 2 nitrogen and oxygen atoms in total. The van der Waals surface area contributed by atoms with Crippen molar-refractivity contribution in [2.75, 3.05) is 19.1 Å². The summed E-state index contributed by atoms with van der Waals surface area (Å²) in [6.07, 6.45) is 6.49. The predicted octanol–water partition coefficient (Wildman–Crippen LogP) is 2.16. The molecule has 3 atom stereocenters. The van der Waals surface area contributed by atoms with E-state index < -0.39 is 0 Å². The van der Waals surface area contributed by atoms with Gasteiger partial charge in [0.2, 0.25) is 0 Å². The first kappa shape index (κ1) is 10.7. The van der Waals surface area contributed by atoms with Gasteiger partial charge in [-0.3, -0.25) is 0 Å². The molecular weight excluding hydrogens is 198 g/mol. The molecule has 0 aromatic rings. The van der Waals surface area contributed by atoms with E-state index in [1.165, 1.54) is 32.1 Å². The highest BCUT2D eigenvalue weighted by Gasteiger charge is 2.27. The van der Waals surface area contributed by atoms with Crippen LogP contribution in [0.5, 0.6) is 0 Å². The molecule has 0 amide bonds. The van der Waals surface area contributed by atoms with E-state index in [0.717, 1.165) is 19.1 Å². The fourth-order valence-corrected chi connectivity index (χ4v) is 2.95. The molecule has 1 aliphatic carbocycles. The van der Waals surface area contributed by atoms with Crippen LogP contribution in [0.4, 0.5) is 0 Å². The number of hydrogen-bond acceptors (Lipinski definition) is 2. The van der Waals surface area contributed by atoms with Crippen LogP contribution in [-0.2, 0) is 4.74 Å². The quantitative estimate of drug-likeness (QED) is 0.732.